The Kier molecular flexibility index (Phi) is 9.13. The van der Waals surface area contributed by atoms with Gasteiger partial charge in [0.1, 0.15) is 27.9 Å². The van der Waals surface area contributed by atoms with Crippen LogP contribution in [-0.4, -0.2) is 37.6 Å². The Bertz CT molecular complexity index is 1490. The number of hydrogen-bond acceptors (Lipinski definition) is 5. The highest BCUT2D eigenvalue weighted by Gasteiger charge is 2.24. The second kappa shape index (κ2) is 12.9. The fourth-order valence-corrected chi connectivity index (χ4v) is 7.38. The number of benzene rings is 3. The van der Waals surface area contributed by atoms with Gasteiger partial charge in [-0.15, -0.1) is 0 Å². The van der Waals surface area contributed by atoms with E-state index in [0.29, 0.717) is 26.1 Å². The molecule has 216 valence electrons. The molecule has 7 heteroatoms. The number of carboxylic acids is 1. The lowest BCUT2D eigenvalue weighted by molar-refractivity contribution is -0.137. The van der Waals surface area contributed by atoms with Crippen molar-refractivity contribution < 1.29 is 27.8 Å². The van der Waals surface area contributed by atoms with E-state index in [1.54, 1.807) is 0 Å². The number of fused-ring (bicyclic) bond motifs is 3. The number of hydrogen-bond donors (Lipinski definition) is 1. The first kappa shape index (κ1) is 28.9. The Morgan fingerprint density at radius 3 is 2.39 bits per heavy atom. The Morgan fingerprint density at radius 1 is 0.927 bits per heavy atom. The molecule has 0 spiro atoms. The molecule has 1 N–H and O–H groups in total. The fraction of sp³-hybridized carbons (Fsp3) is 0.382. The fourth-order valence-electron chi connectivity index (χ4n) is 5.80. The highest BCUT2D eigenvalue weighted by Crippen LogP contribution is 2.36. The van der Waals surface area contributed by atoms with E-state index >= 15 is 0 Å². The summed E-state index contributed by atoms with van der Waals surface area (Å²) in [5.41, 5.74) is 7.12. The minimum atomic E-state index is -2.86. The lowest BCUT2D eigenvalue weighted by atomic mass is 9.94. The summed E-state index contributed by atoms with van der Waals surface area (Å²) in [6.45, 7) is 2.89. The van der Waals surface area contributed by atoms with Crippen molar-refractivity contribution in [2.75, 3.05) is 18.1 Å². The average molecular weight is 575 g/mol. The van der Waals surface area contributed by atoms with E-state index in [9.17, 15) is 18.3 Å². The molecular weight excluding hydrogens is 536 g/mol. The Labute approximate surface area is 242 Å². The number of aryl methyl sites for hydroxylation is 2. The zero-order valence-corrected chi connectivity index (χ0v) is 24.4. The first-order chi connectivity index (χ1) is 19.8. The molecule has 1 saturated heterocycles. The largest absolute Gasteiger partial charge is 0.493 e. The van der Waals surface area contributed by atoms with E-state index in [2.05, 4.69) is 30.3 Å². The minimum Gasteiger partial charge on any atom is -0.493 e. The molecule has 1 heterocycles. The molecule has 0 saturated carbocycles. The van der Waals surface area contributed by atoms with Crippen molar-refractivity contribution in [1.82, 2.24) is 0 Å². The maximum absolute atomic E-state index is 11.7. The van der Waals surface area contributed by atoms with Gasteiger partial charge in [0.15, 0.2) is 0 Å². The van der Waals surface area contributed by atoms with Crippen molar-refractivity contribution in [3.8, 4) is 22.6 Å². The number of aliphatic carboxylic acids is 1. The molecule has 0 amide bonds. The van der Waals surface area contributed by atoms with Crippen LogP contribution in [0.25, 0.3) is 11.1 Å². The quantitative estimate of drug-likeness (QED) is 0.269. The lowest BCUT2D eigenvalue weighted by Crippen LogP contribution is -2.26. The number of allylic oxidation sites excluding steroid dienone is 2. The normalized spacial score (nSPS) is 17.3. The van der Waals surface area contributed by atoms with Crippen molar-refractivity contribution in [2.24, 2.45) is 5.92 Å². The predicted octanol–water partition coefficient (Wildman–Crippen LogP) is 6.76. The predicted molar refractivity (Wildman–Crippen MR) is 161 cm³/mol. The molecule has 0 aromatic heterocycles. The summed E-state index contributed by atoms with van der Waals surface area (Å²) in [5, 5.41) is 9.22. The summed E-state index contributed by atoms with van der Waals surface area (Å²) in [6.07, 6.45) is 8.28. The maximum atomic E-state index is 11.7. The summed E-state index contributed by atoms with van der Waals surface area (Å²) in [7, 11) is -2.86. The molecule has 5 rings (SSSR count). The average Bonchev–Trinajstić information content (AvgIpc) is 3.14. The highest BCUT2D eigenvalue weighted by molar-refractivity contribution is 7.91. The van der Waals surface area contributed by atoms with Gasteiger partial charge in [0.2, 0.25) is 0 Å². The van der Waals surface area contributed by atoms with Crippen molar-refractivity contribution in [1.29, 1.82) is 0 Å². The molecule has 1 fully saturated rings. The van der Waals surface area contributed by atoms with Crippen LogP contribution in [0.5, 0.6) is 11.5 Å². The number of ether oxygens (including phenoxy) is 2. The molecule has 3 aromatic rings. The molecule has 0 bridgehead atoms. The van der Waals surface area contributed by atoms with Crippen LogP contribution in [0, 0.1) is 5.92 Å². The van der Waals surface area contributed by atoms with E-state index in [1.165, 1.54) is 22.3 Å². The smallest absolute Gasteiger partial charge is 0.304 e. The molecule has 2 aliphatic rings. The number of carbonyl (C=O) groups is 1. The van der Waals surface area contributed by atoms with Crippen LogP contribution < -0.4 is 9.47 Å². The molecule has 6 nitrogen and oxygen atoms in total. The number of rotatable bonds is 10. The van der Waals surface area contributed by atoms with E-state index in [1.807, 2.05) is 49.4 Å². The van der Waals surface area contributed by atoms with Crippen molar-refractivity contribution >= 4 is 15.8 Å². The van der Waals surface area contributed by atoms with E-state index in [0.717, 1.165) is 41.9 Å². The van der Waals surface area contributed by atoms with Crippen LogP contribution in [0.3, 0.4) is 0 Å². The van der Waals surface area contributed by atoms with Crippen LogP contribution in [-0.2, 0) is 34.1 Å². The second-order valence-electron chi connectivity index (χ2n) is 11.2. The van der Waals surface area contributed by atoms with Crippen molar-refractivity contribution in [3.05, 3.63) is 95.1 Å². The van der Waals surface area contributed by atoms with Gasteiger partial charge in [0.25, 0.3) is 0 Å². The molecular formula is C34H38O6S. The SMILES string of the molecule is C/C=C\C(CC(=O)O)c1ccc(OCc2ccc3c(c2)-c2ccc(OCC4CCS(=O)(=O)CC4)cc2CCC3)cc1. The minimum absolute atomic E-state index is 0.0572. The van der Waals surface area contributed by atoms with Gasteiger partial charge in [-0.2, -0.15) is 0 Å². The van der Waals surface area contributed by atoms with Crippen LogP contribution in [0.1, 0.15) is 60.8 Å². The highest BCUT2D eigenvalue weighted by atomic mass is 32.2. The summed E-state index contributed by atoms with van der Waals surface area (Å²) in [4.78, 5) is 11.2. The summed E-state index contributed by atoms with van der Waals surface area (Å²) in [5.74, 6) is 1.44. The Hall–Kier alpha value is -3.58. The topological polar surface area (TPSA) is 89.9 Å². The van der Waals surface area contributed by atoms with E-state index < -0.39 is 15.8 Å². The van der Waals surface area contributed by atoms with Gasteiger partial charge in [-0.05, 0) is 109 Å². The second-order valence-corrected chi connectivity index (χ2v) is 13.5. The van der Waals surface area contributed by atoms with Crippen LogP contribution in [0.4, 0.5) is 0 Å². The molecule has 1 unspecified atom stereocenters. The Morgan fingerprint density at radius 2 is 1.66 bits per heavy atom. The van der Waals surface area contributed by atoms with Gasteiger partial charge in [-0.3, -0.25) is 4.79 Å². The van der Waals surface area contributed by atoms with Crippen LogP contribution >= 0.6 is 0 Å². The third-order valence-electron chi connectivity index (χ3n) is 8.13. The van der Waals surface area contributed by atoms with Gasteiger partial charge < -0.3 is 14.6 Å². The number of sulfone groups is 1. The van der Waals surface area contributed by atoms with Gasteiger partial charge in [0.05, 0.1) is 24.5 Å². The summed E-state index contributed by atoms with van der Waals surface area (Å²) < 4.78 is 35.7. The number of carboxylic acid groups (broad SMARTS) is 1. The standard InChI is InChI=1S/C34H38O6S/c1-2-4-28(21-34(35)36)26-9-11-30(12-10-26)39-23-25-7-8-27-5-3-6-29-20-31(13-14-32(29)33(27)19-25)40-22-24-15-17-41(37,38)18-16-24/h2,4,7-14,19-20,24,28H,3,5-6,15-18,21-23H2,1H3,(H,35,36)/b4-2-. The molecule has 41 heavy (non-hydrogen) atoms. The maximum Gasteiger partial charge on any atom is 0.304 e. The van der Waals surface area contributed by atoms with E-state index in [4.69, 9.17) is 9.47 Å². The first-order valence-electron chi connectivity index (χ1n) is 14.5. The van der Waals surface area contributed by atoms with Gasteiger partial charge in [-0.1, -0.05) is 42.5 Å². The molecule has 1 aliphatic heterocycles. The van der Waals surface area contributed by atoms with E-state index in [-0.39, 0.29) is 29.8 Å². The third-order valence-corrected chi connectivity index (χ3v) is 9.84. The zero-order chi connectivity index (χ0) is 28.8. The van der Waals surface area contributed by atoms with Gasteiger partial charge in [-0.25, -0.2) is 8.42 Å². The molecule has 0 radical (unpaired) electrons. The summed E-state index contributed by atoms with van der Waals surface area (Å²) >= 11 is 0. The monoisotopic (exact) mass is 574 g/mol. The molecule has 1 aliphatic carbocycles. The summed E-state index contributed by atoms with van der Waals surface area (Å²) in [6, 6.07) is 20.6. The van der Waals surface area contributed by atoms with Crippen molar-refractivity contribution in [2.45, 2.75) is 58.0 Å². The van der Waals surface area contributed by atoms with Crippen LogP contribution in [0.15, 0.2) is 72.8 Å². The lowest BCUT2D eigenvalue weighted by Gasteiger charge is -2.22. The van der Waals surface area contributed by atoms with Gasteiger partial charge >= 0.3 is 5.97 Å². The van der Waals surface area contributed by atoms with Crippen molar-refractivity contribution in [3.63, 3.8) is 0 Å². The molecule has 3 aromatic carbocycles. The first-order valence-corrected chi connectivity index (χ1v) is 16.3. The molecule has 1 atom stereocenters. The third kappa shape index (κ3) is 7.59. The van der Waals surface area contributed by atoms with Gasteiger partial charge in [0, 0.05) is 5.92 Å². The Balaban J connectivity index is 1.25. The zero-order valence-electron chi connectivity index (χ0n) is 23.6. The van der Waals surface area contributed by atoms with Crippen LogP contribution in [0.2, 0.25) is 0 Å².